The first-order chi connectivity index (χ1) is 9.65. The Balaban J connectivity index is 2.07. The molecule has 20 heavy (non-hydrogen) atoms. The Morgan fingerprint density at radius 2 is 1.85 bits per heavy atom. The van der Waals surface area contributed by atoms with E-state index in [0.717, 1.165) is 30.4 Å². The van der Waals surface area contributed by atoms with E-state index in [1.54, 1.807) is 7.11 Å². The molecule has 1 atom stereocenters. The van der Waals surface area contributed by atoms with Crippen molar-refractivity contribution < 1.29 is 14.6 Å². The van der Waals surface area contributed by atoms with Gasteiger partial charge < -0.3 is 14.6 Å². The number of rotatable bonds is 6. The van der Waals surface area contributed by atoms with Crippen LogP contribution in [0.1, 0.15) is 37.8 Å². The molecular weight excluding hydrogens is 252 g/mol. The molecule has 2 rings (SSSR count). The molecule has 0 radical (unpaired) electrons. The van der Waals surface area contributed by atoms with E-state index in [-0.39, 0.29) is 6.61 Å². The van der Waals surface area contributed by atoms with Crippen molar-refractivity contribution >= 4 is 0 Å². The maximum absolute atomic E-state index is 9.55. The third kappa shape index (κ3) is 2.95. The fourth-order valence-corrected chi connectivity index (χ4v) is 2.75. The molecule has 0 saturated heterocycles. The summed E-state index contributed by atoms with van der Waals surface area (Å²) in [6.45, 7) is 4.67. The Labute approximate surface area is 121 Å². The SMILES string of the molecule is CCc1ccc(COC2(OC)CCC(C)=C2CO)cc1. The van der Waals surface area contributed by atoms with Crippen LogP contribution in [0, 0.1) is 0 Å². The van der Waals surface area contributed by atoms with Gasteiger partial charge in [0, 0.05) is 19.1 Å². The average Bonchev–Trinajstić information content (AvgIpc) is 2.82. The third-order valence-corrected chi connectivity index (χ3v) is 4.20. The van der Waals surface area contributed by atoms with Crippen LogP contribution < -0.4 is 0 Å². The summed E-state index contributed by atoms with van der Waals surface area (Å²) >= 11 is 0. The van der Waals surface area contributed by atoms with Crippen LogP contribution in [0.25, 0.3) is 0 Å². The number of methoxy groups -OCH3 is 1. The summed E-state index contributed by atoms with van der Waals surface area (Å²) < 4.78 is 11.6. The van der Waals surface area contributed by atoms with Gasteiger partial charge in [0.2, 0.25) is 0 Å². The lowest BCUT2D eigenvalue weighted by atomic mass is 10.1. The zero-order valence-electron chi connectivity index (χ0n) is 12.6. The Morgan fingerprint density at radius 1 is 1.20 bits per heavy atom. The molecule has 0 amide bonds. The molecular formula is C17H24O3. The molecule has 0 aromatic heterocycles. The number of aliphatic hydroxyl groups excluding tert-OH is 1. The topological polar surface area (TPSA) is 38.7 Å². The lowest BCUT2D eigenvalue weighted by Gasteiger charge is -2.30. The second-order valence-corrected chi connectivity index (χ2v) is 5.33. The van der Waals surface area contributed by atoms with Crippen LogP contribution in [0.2, 0.25) is 0 Å². The first-order valence-corrected chi connectivity index (χ1v) is 7.22. The standard InChI is InChI=1S/C17H24O3/c1-4-14-5-7-15(8-6-14)12-20-17(19-3)10-9-13(2)16(17)11-18/h5-8,18H,4,9-12H2,1-3H3. The second-order valence-electron chi connectivity index (χ2n) is 5.33. The van der Waals surface area contributed by atoms with Crippen molar-refractivity contribution in [2.45, 2.75) is 45.5 Å². The highest BCUT2D eigenvalue weighted by molar-refractivity contribution is 5.28. The van der Waals surface area contributed by atoms with Gasteiger partial charge in [-0.15, -0.1) is 0 Å². The highest BCUT2D eigenvalue weighted by atomic mass is 16.7. The predicted octanol–water partition coefficient (Wildman–Crippen LogP) is 3.21. The van der Waals surface area contributed by atoms with Gasteiger partial charge >= 0.3 is 0 Å². The van der Waals surface area contributed by atoms with Crippen molar-refractivity contribution in [1.82, 2.24) is 0 Å². The highest BCUT2D eigenvalue weighted by Gasteiger charge is 2.40. The quantitative estimate of drug-likeness (QED) is 0.640. The molecule has 1 unspecified atom stereocenters. The Kier molecular flexibility index (Phi) is 4.97. The van der Waals surface area contributed by atoms with Crippen LogP contribution in [0.5, 0.6) is 0 Å². The lowest BCUT2D eigenvalue weighted by molar-refractivity contribution is -0.204. The zero-order valence-corrected chi connectivity index (χ0v) is 12.6. The maximum Gasteiger partial charge on any atom is 0.193 e. The summed E-state index contributed by atoms with van der Waals surface area (Å²) in [5.74, 6) is -0.748. The molecule has 3 nitrogen and oxygen atoms in total. The van der Waals surface area contributed by atoms with Gasteiger partial charge in [0.25, 0.3) is 0 Å². The van der Waals surface area contributed by atoms with E-state index < -0.39 is 5.79 Å². The molecule has 0 aliphatic heterocycles. The van der Waals surface area contributed by atoms with E-state index in [2.05, 4.69) is 31.2 Å². The minimum atomic E-state index is -0.748. The van der Waals surface area contributed by atoms with Crippen molar-refractivity contribution in [3.63, 3.8) is 0 Å². The number of hydrogen-bond acceptors (Lipinski definition) is 3. The van der Waals surface area contributed by atoms with Crippen LogP contribution in [-0.2, 0) is 22.5 Å². The molecule has 1 aromatic rings. The molecule has 1 aliphatic carbocycles. The molecule has 3 heteroatoms. The second kappa shape index (κ2) is 6.53. The number of ether oxygens (including phenoxy) is 2. The van der Waals surface area contributed by atoms with Gasteiger partial charge in [-0.3, -0.25) is 0 Å². The zero-order chi connectivity index (χ0) is 14.6. The predicted molar refractivity (Wildman–Crippen MR) is 79.4 cm³/mol. The van der Waals surface area contributed by atoms with Crippen molar-refractivity contribution in [2.24, 2.45) is 0 Å². The van der Waals surface area contributed by atoms with Crippen LogP contribution in [0.3, 0.4) is 0 Å². The van der Waals surface area contributed by atoms with E-state index in [1.807, 2.05) is 6.92 Å². The molecule has 110 valence electrons. The Hall–Kier alpha value is -1.16. The molecule has 0 heterocycles. The maximum atomic E-state index is 9.55. The third-order valence-electron chi connectivity index (χ3n) is 4.20. The summed E-state index contributed by atoms with van der Waals surface area (Å²) in [7, 11) is 1.65. The van der Waals surface area contributed by atoms with Crippen molar-refractivity contribution in [3.05, 3.63) is 46.5 Å². The van der Waals surface area contributed by atoms with Gasteiger partial charge in [-0.05, 0) is 30.9 Å². The monoisotopic (exact) mass is 276 g/mol. The molecule has 0 bridgehead atoms. The van der Waals surface area contributed by atoms with Gasteiger partial charge in [0.05, 0.1) is 13.2 Å². The fraction of sp³-hybridized carbons (Fsp3) is 0.529. The van der Waals surface area contributed by atoms with Gasteiger partial charge in [0.1, 0.15) is 0 Å². The van der Waals surface area contributed by atoms with Crippen molar-refractivity contribution in [2.75, 3.05) is 13.7 Å². The normalized spacial score (nSPS) is 22.6. The minimum Gasteiger partial charge on any atom is -0.392 e. The van der Waals surface area contributed by atoms with Crippen LogP contribution in [0.15, 0.2) is 35.4 Å². The molecule has 0 spiro atoms. The van der Waals surface area contributed by atoms with E-state index in [9.17, 15) is 5.11 Å². The van der Waals surface area contributed by atoms with Gasteiger partial charge in [-0.2, -0.15) is 0 Å². The summed E-state index contributed by atoms with van der Waals surface area (Å²) in [4.78, 5) is 0. The van der Waals surface area contributed by atoms with E-state index >= 15 is 0 Å². The summed E-state index contributed by atoms with van der Waals surface area (Å²) in [5, 5.41) is 9.55. The highest BCUT2D eigenvalue weighted by Crippen LogP contribution is 2.39. The number of hydrogen-bond donors (Lipinski definition) is 1. The molecule has 0 fully saturated rings. The molecule has 0 saturated carbocycles. The fourth-order valence-electron chi connectivity index (χ4n) is 2.75. The number of aryl methyl sites for hydroxylation is 1. The average molecular weight is 276 g/mol. The summed E-state index contributed by atoms with van der Waals surface area (Å²) in [5.41, 5.74) is 4.50. The van der Waals surface area contributed by atoms with Gasteiger partial charge in [-0.25, -0.2) is 0 Å². The van der Waals surface area contributed by atoms with Crippen LogP contribution in [-0.4, -0.2) is 24.6 Å². The van der Waals surface area contributed by atoms with Crippen molar-refractivity contribution in [1.29, 1.82) is 0 Å². The van der Waals surface area contributed by atoms with Gasteiger partial charge in [0.15, 0.2) is 5.79 Å². The first-order valence-electron chi connectivity index (χ1n) is 7.22. The largest absolute Gasteiger partial charge is 0.392 e. The first kappa shape index (κ1) is 15.2. The van der Waals surface area contributed by atoms with Crippen LogP contribution >= 0.6 is 0 Å². The number of allylic oxidation sites excluding steroid dienone is 1. The molecule has 1 aliphatic rings. The number of benzene rings is 1. The van der Waals surface area contributed by atoms with Crippen molar-refractivity contribution in [3.8, 4) is 0 Å². The minimum absolute atomic E-state index is 0.00551. The Bertz CT molecular complexity index is 476. The molecule has 1 aromatic carbocycles. The molecule has 1 N–H and O–H groups in total. The summed E-state index contributed by atoms with van der Waals surface area (Å²) in [6, 6.07) is 8.43. The van der Waals surface area contributed by atoms with Crippen LogP contribution in [0.4, 0.5) is 0 Å². The smallest absolute Gasteiger partial charge is 0.193 e. The van der Waals surface area contributed by atoms with E-state index in [0.29, 0.717) is 6.61 Å². The van der Waals surface area contributed by atoms with E-state index in [4.69, 9.17) is 9.47 Å². The summed E-state index contributed by atoms with van der Waals surface area (Å²) in [6.07, 6.45) is 2.73. The lowest BCUT2D eigenvalue weighted by Crippen LogP contribution is -2.35. The Morgan fingerprint density at radius 3 is 2.40 bits per heavy atom. The number of aliphatic hydroxyl groups is 1. The van der Waals surface area contributed by atoms with E-state index in [1.165, 1.54) is 11.1 Å². The van der Waals surface area contributed by atoms with Gasteiger partial charge in [-0.1, -0.05) is 36.8 Å².